The van der Waals surface area contributed by atoms with Crippen LogP contribution in [0, 0.1) is 12.7 Å². The molecule has 1 fully saturated rings. The first-order valence-electron chi connectivity index (χ1n) is 11.4. The van der Waals surface area contributed by atoms with Crippen molar-refractivity contribution in [3.05, 3.63) is 88.2 Å². The van der Waals surface area contributed by atoms with Gasteiger partial charge in [0.2, 0.25) is 0 Å². The predicted molar refractivity (Wildman–Crippen MR) is 133 cm³/mol. The third-order valence-electron chi connectivity index (χ3n) is 5.89. The molecular formula is C27H28ClFN2O3. The number of hydrogen-bond acceptors (Lipinski definition) is 4. The fraction of sp³-hybridized carbons (Fsp3) is 0.296. The summed E-state index contributed by atoms with van der Waals surface area (Å²) in [4.78, 5) is 17.0. The van der Waals surface area contributed by atoms with Crippen molar-refractivity contribution < 1.29 is 18.7 Å². The Bertz CT molecular complexity index is 1160. The summed E-state index contributed by atoms with van der Waals surface area (Å²) in [6.45, 7) is 6.82. The minimum Gasteiger partial charge on any atom is -0.493 e. The van der Waals surface area contributed by atoms with E-state index in [9.17, 15) is 9.18 Å². The van der Waals surface area contributed by atoms with Crippen molar-refractivity contribution in [2.24, 2.45) is 0 Å². The van der Waals surface area contributed by atoms with Gasteiger partial charge < -0.3 is 19.3 Å². The maximum absolute atomic E-state index is 14.1. The molecule has 0 N–H and O–H groups in total. The van der Waals surface area contributed by atoms with E-state index in [1.54, 1.807) is 29.2 Å². The summed E-state index contributed by atoms with van der Waals surface area (Å²) in [6.07, 6.45) is 0. The van der Waals surface area contributed by atoms with E-state index in [-0.39, 0.29) is 18.3 Å². The molecule has 0 atom stereocenters. The first-order valence-corrected chi connectivity index (χ1v) is 11.8. The highest BCUT2D eigenvalue weighted by Gasteiger charge is 2.24. The number of para-hydroxylation sites is 1. The van der Waals surface area contributed by atoms with Crippen molar-refractivity contribution in [3.63, 3.8) is 0 Å². The number of benzene rings is 3. The number of nitrogens with zero attached hydrogens (tertiary/aromatic N) is 2. The quantitative estimate of drug-likeness (QED) is 0.431. The van der Waals surface area contributed by atoms with Gasteiger partial charge >= 0.3 is 0 Å². The molecule has 7 heteroatoms. The molecule has 5 nitrogen and oxygen atoms in total. The highest BCUT2D eigenvalue weighted by molar-refractivity contribution is 6.31. The smallest absolute Gasteiger partial charge is 0.253 e. The molecule has 1 saturated heterocycles. The highest BCUT2D eigenvalue weighted by atomic mass is 35.5. The second-order valence-electron chi connectivity index (χ2n) is 8.19. The van der Waals surface area contributed by atoms with Crippen LogP contribution in [0.1, 0.15) is 28.4 Å². The lowest BCUT2D eigenvalue weighted by atomic mass is 10.1. The van der Waals surface area contributed by atoms with Crippen LogP contribution in [0.2, 0.25) is 5.02 Å². The molecule has 0 unspecified atom stereocenters. The lowest BCUT2D eigenvalue weighted by Gasteiger charge is -2.36. The van der Waals surface area contributed by atoms with Crippen molar-refractivity contribution in [2.75, 3.05) is 37.7 Å². The van der Waals surface area contributed by atoms with Crippen LogP contribution >= 0.6 is 11.6 Å². The summed E-state index contributed by atoms with van der Waals surface area (Å²) < 4.78 is 25.8. The number of halogens is 2. The second-order valence-corrected chi connectivity index (χ2v) is 8.59. The fourth-order valence-corrected chi connectivity index (χ4v) is 4.15. The van der Waals surface area contributed by atoms with Gasteiger partial charge in [-0.15, -0.1) is 0 Å². The number of hydrogen-bond donors (Lipinski definition) is 0. The summed E-state index contributed by atoms with van der Waals surface area (Å²) in [5, 5.41) is 0.685. The van der Waals surface area contributed by atoms with Gasteiger partial charge in [0.25, 0.3) is 5.91 Å². The van der Waals surface area contributed by atoms with Crippen LogP contribution in [0.4, 0.5) is 10.1 Å². The van der Waals surface area contributed by atoms with Gasteiger partial charge in [-0.1, -0.05) is 23.7 Å². The first-order chi connectivity index (χ1) is 16.5. The third kappa shape index (κ3) is 5.45. The number of piperazine rings is 1. The third-order valence-corrected chi connectivity index (χ3v) is 6.32. The van der Waals surface area contributed by atoms with Gasteiger partial charge in [0, 0.05) is 42.3 Å². The Morgan fingerprint density at radius 1 is 1.00 bits per heavy atom. The van der Waals surface area contributed by atoms with E-state index in [2.05, 4.69) is 0 Å². The number of anilines is 1. The van der Waals surface area contributed by atoms with Crippen LogP contribution in [0.25, 0.3) is 0 Å². The van der Waals surface area contributed by atoms with Crippen LogP contribution in [-0.2, 0) is 6.61 Å². The number of carbonyl (C=O) groups is 1. The Morgan fingerprint density at radius 2 is 1.76 bits per heavy atom. The second kappa shape index (κ2) is 10.8. The van der Waals surface area contributed by atoms with Gasteiger partial charge in [0.05, 0.1) is 12.3 Å². The Balaban J connectivity index is 1.45. The van der Waals surface area contributed by atoms with E-state index in [1.807, 2.05) is 49.1 Å². The predicted octanol–water partition coefficient (Wildman–Crippen LogP) is 5.73. The lowest BCUT2D eigenvalue weighted by Crippen LogP contribution is -2.49. The minimum absolute atomic E-state index is 0.0557. The molecular weight excluding hydrogens is 455 g/mol. The van der Waals surface area contributed by atoms with E-state index in [0.29, 0.717) is 60.6 Å². The summed E-state index contributed by atoms with van der Waals surface area (Å²) in [7, 11) is 0. The maximum atomic E-state index is 14.1. The van der Waals surface area contributed by atoms with E-state index in [4.69, 9.17) is 21.1 Å². The normalized spacial score (nSPS) is 13.6. The van der Waals surface area contributed by atoms with E-state index in [0.717, 1.165) is 11.1 Å². The maximum Gasteiger partial charge on any atom is 0.253 e. The zero-order chi connectivity index (χ0) is 24.1. The van der Waals surface area contributed by atoms with Crippen LogP contribution in [-0.4, -0.2) is 43.6 Å². The fourth-order valence-electron chi connectivity index (χ4n) is 4.03. The van der Waals surface area contributed by atoms with Crippen molar-refractivity contribution in [1.82, 2.24) is 4.90 Å². The number of amides is 1. The zero-order valence-electron chi connectivity index (χ0n) is 19.4. The molecule has 3 aromatic carbocycles. The van der Waals surface area contributed by atoms with Crippen LogP contribution in [0.15, 0.2) is 60.7 Å². The summed E-state index contributed by atoms with van der Waals surface area (Å²) >= 11 is 6.11. The number of rotatable bonds is 7. The Hall–Kier alpha value is -3.25. The molecule has 1 heterocycles. The van der Waals surface area contributed by atoms with Gasteiger partial charge in [0.15, 0.2) is 0 Å². The Labute approximate surface area is 204 Å². The number of ether oxygens (including phenoxy) is 2. The van der Waals surface area contributed by atoms with Gasteiger partial charge in [-0.25, -0.2) is 4.39 Å². The molecule has 178 valence electrons. The highest BCUT2D eigenvalue weighted by Crippen LogP contribution is 2.26. The summed E-state index contributed by atoms with van der Waals surface area (Å²) in [5.74, 6) is 1.09. The van der Waals surface area contributed by atoms with Gasteiger partial charge in [-0.05, 0) is 67.9 Å². The molecule has 1 amide bonds. The summed E-state index contributed by atoms with van der Waals surface area (Å²) in [6, 6.07) is 17.7. The van der Waals surface area contributed by atoms with Crippen LogP contribution < -0.4 is 14.4 Å². The molecule has 0 spiro atoms. The molecule has 1 aliphatic rings. The lowest BCUT2D eigenvalue weighted by molar-refractivity contribution is 0.0746. The number of carbonyl (C=O) groups excluding carboxylic acids is 1. The van der Waals surface area contributed by atoms with Gasteiger partial charge in [0.1, 0.15) is 23.9 Å². The average molecular weight is 483 g/mol. The minimum atomic E-state index is -0.241. The molecule has 0 bridgehead atoms. The molecule has 34 heavy (non-hydrogen) atoms. The van der Waals surface area contributed by atoms with Crippen molar-refractivity contribution in [3.8, 4) is 11.5 Å². The van der Waals surface area contributed by atoms with E-state index in [1.165, 1.54) is 6.07 Å². The average Bonchev–Trinajstić information content (AvgIpc) is 2.85. The van der Waals surface area contributed by atoms with Crippen molar-refractivity contribution in [1.29, 1.82) is 0 Å². The van der Waals surface area contributed by atoms with E-state index >= 15 is 0 Å². The topological polar surface area (TPSA) is 42.0 Å². The molecule has 0 radical (unpaired) electrons. The molecule has 0 aromatic heterocycles. The molecule has 3 aromatic rings. The Morgan fingerprint density at radius 3 is 2.47 bits per heavy atom. The monoisotopic (exact) mass is 482 g/mol. The first kappa shape index (κ1) is 23.9. The summed E-state index contributed by atoms with van der Waals surface area (Å²) in [5.41, 5.74) is 2.88. The van der Waals surface area contributed by atoms with Crippen LogP contribution in [0.3, 0.4) is 0 Å². The molecule has 1 aliphatic heterocycles. The Kier molecular flexibility index (Phi) is 7.58. The van der Waals surface area contributed by atoms with E-state index < -0.39 is 0 Å². The van der Waals surface area contributed by atoms with Crippen molar-refractivity contribution >= 4 is 23.2 Å². The molecule has 4 rings (SSSR count). The van der Waals surface area contributed by atoms with Crippen molar-refractivity contribution in [2.45, 2.75) is 20.5 Å². The van der Waals surface area contributed by atoms with Crippen LogP contribution in [0.5, 0.6) is 11.5 Å². The SMILES string of the molecule is CCOc1ccc(C(=O)N2CCN(c3ccccc3F)CC2)cc1COc1ccc(Cl)c(C)c1. The number of aryl methyl sites for hydroxylation is 1. The molecule has 0 saturated carbocycles. The zero-order valence-corrected chi connectivity index (χ0v) is 20.1. The largest absolute Gasteiger partial charge is 0.493 e. The van der Waals surface area contributed by atoms with Gasteiger partial charge in [-0.2, -0.15) is 0 Å². The standard InChI is InChI=1S/C27H28ClFN2O3/c1-3-33-26-11-8-20(17-21(26)18-34-22-9-10-23(28)19(2)16-22)27(32)31-14-12-30(13-15-31)25-7-5-4-6-24(25)29/h4-11,16-17H,3,12-15,18H2,1-2H3. The molecule has 0 aliphatic carbocycles. The van der Waals surface area contributed by atoms with Gasteiger partial charge in [-0.3, -0.25) is 4.79 Å².